The van der Waals surface area contributed by atoms with Crippen molar-refractivity contribution in [2.24, 2.45) is 0 Å². The molecular formula is C22H29N3O3. The number of benzene rings is 2. The van der Waals surface area contributed by atoms with E-state index in [-0.39, 0.29) is 12.1 Å². The van der Waals surface area contributed by atoms with Crippen LogP contribution < -0.4 is 15.4 Å². The van der Waals surface area contributed by atoms with Crippen LogP contribution in [0.1, 0.15) is 17.2 Å². The number of nitrogens with zero attached hydrogens (tertiary/aromatic N) is 1. The molecule has 1 saturated heterocycles. The third-order valence-corrected chi connectivity index (χ3v) is 4.70. The summed E-state index contributed by atoms with van der Waals surface area (Å²) in [5.74, 6) is 0.816. The average molecular weight is 383 g/mol. The lowest BCUT2D eigenvalue weighted by Crippen LogP contribution is -2.46. The summed E-state index contributed by atoms with van der Waals surface area (Å²) in [6.07, 6.45) is 0. The van der Waals surface area contributed by atoms with Gasteiger partial charge in [0.05, 0.1) is 25.8 Å². The molecule has 0 unspecified atom stereocenters. The molecule has 1 heterocycles. The second kappa shape index (κ2) is 10.7. The largest absolute Gasteiger partial charge is 0.492 e. The van der Waals surface area contributed by atoms with Crippen molar-refractivity contribution in [1.29, 1.82) is 0 Å². The van der Waals surface area contributed by atoms with Crippen LogP contribution in [0, 0.1) is 6.92 Å². The van der Waals surface area contributed by atoms with Crippen LogP contribution in [0.4, 0.5) is 4.79 Å². The quantitative estimate of drug-likeness (QED) is 0.688. The predicted molar refractivity (Wildman–Crippen MR) is 110 cm³/mol. The van der Waals surface area contributed by atoms with Crippen LogP contribution in [0.15, 0.2) is 54.6 Å². The van der Waals surface area contributed by atoms with E-state index in [2.05, 4.69) is 15.5 Å². The molecule has 0 aromatic heterocycles. The van der Waals surface area contributed by atoms with Crippen LogP contribution in [0.5, 0.6) is 5.75 Å². The predicted octanol–water partition coefficient (Wildman–Crippen LogP) is 2.75. The molecule has 1 atom stereocenters. The molecule has 3 rings (SSSR count). The van der Waals surface area contributed by atoms with Gasteiger partial charge in [0.25, 0.3) is 0 Å². The third-order valence-electron chi connectivity index (χ3n) is 4.70. The fourth-order valence-electron chi connectivity index (χ4n) is 3.21. The summed E-state index contributed by atoms with van der Waals surface area (Å²) in [6, 6.07) is 17.7. The summed E-state index contributed by atoms with van der Waals surface area (Å²) >= 11 is 0. The number of hydrogen-bond donors (Lipinski definition) is 2. The van der Waals surface area contributed by atoms with Gasteiger partial charge in [0.1, 0.15) is 12.4 Å². The highest BCUT2D eigenvalue weighted by molar-refractivity contribution is 5.74. The number of carbonyl (C=O) groups is 1. The Bertz CT molecular complexity index is 733. The molecule has 1 aliphatic rings. The number of nitrogens with one attached hydrogen (secondary N) is 2. The number of hydrogen-bond acceptors (Lipinski definition) is 4. The average Bonchev–Trinajstić information content (AvgIpc) is 2.72. The molecule has 0 radical (unpaired) electrons. The van der Waals surface area contributed by atoms with E-state index in [1.807, 2.05) is 61.5 Å². The highest BCUT2D eigenvalue weighted by Gasteiger charge is 2.19. The van der Waals surface area contributed by atoms with E-state index in [0.29, 0.717) is 13.2 Å². The lowest BCUT2D eigenvalue weighted by Gasteiger charge is -2.31. The van der Waals surface area contributed by atoms with Crippen LogP contribution >= 0.6 is 0 Å². The molecule has 6 nitrogen and oxygen atoms in total. The van der Waals surface area contributed by atoms with Crippen LogP contribution in [-0.4, -0.2) is 56.9 Å². The number of carbonyl (C=O) groups excluding carboxylic acids is 1. The van der Waals surface area contributed by atoms with Gasteiger partial charge in [-0.1, -0.05) is 42.5 Å². The summed E-state index contributed by atoms with van der Waals surface area (Å²) in [5.41, 5.74) is 2.25. The van der Waals surface area contributed by atoms with Crippen molar-refractivity contribution in [3.63, 3.8) is 0 Å². The standard InChI is InChI=1S/C22H29N3O3/c1-18-6-5-9-20(16-18)28-13-10-23-22(26)24-21(19-7-3-2-4-8-19)17-25-11-14-27-15-12-25/h2-9,16,21H,10-15,17H2,1H3,(H2,23,24,26)/t21-/m0/s1. The first kappa shape index (κ1) is 20.2. The summed E-state index contributed by atoms with van der Waals surface area (Å²) < 4.78 is 11.1. The second-order valence-corrected chi connectivity index (χ2v) is 6.94. The van der Waals surface area contributed by atoms with Gasteiger partial charge in [-0.25, -0.2) is 4.79 Å². The van der Waals surface area contributed by atoms with E-state index in [1.54, 1.807) is 0 Å². The SMILES string of the molecule is Cc1cccc(OCCNC(=O)N[C@@H](CN2CCOCC2)c2ccccc2)c1. The molecule has 1 fully saturated rings. The molecule has 0 spiro atoms. The minimum Gasteiger partial charge on any atom is -0.492 e. The highest BCUT2D eigenvalue weighted by atomic mass is 16.5. The van der Waals surface area contributed by atoms with E-state index in [0.717, 1.165) is 49.7 Å². The fraction of sp³-hybridized carbons (Fsp3) is 0.409. The number of morpholine rings is 1. The smallest absolute Gasteiger partial charge is 0.315 e. The number of ether oxygens (including phenoxy) is 2. The Labute approximate surface area is 166 Å². The lowest BCUT2D eigenvalue weighted by molar-refractivity contribution is 0.0339. The van der Waals surface area contributed by atoms with Gasteiger partial charge in [0.15, 0.2) is 0 Å². The Morgan fingerprint density at radius 2 is 1.93 bits per heavy atom. The maximum absolute atomic E-state index is 12.4. The summed E-state index contributed by atoms with van der Waals surface area (Å²) in [6.45, 7) is 6.91. The van der Waals surface area contributed by atoms with Crippen molar-refractivity contribution < 1.29 is 14.3 Å². The normalized spacial score (nSPS) is 15.6. The van der Waals surface area contributed by atoms with E-state index in [4.69, 9.17) is 9.47 Å². The summed E-state index contributed by atoms with van der Waals surface area (Å²) in [5, 5.41) is 5.99. The first-order valence-electron chi connectivity index (χ1n) is 9.79. The molecule has 28 heavy (non-hydrogen) atoms. The Balaban J connectivity index is 1.47. The zero-order valence-corrected chi connectivity index (χ0v) is 16.4. The van der Waals surface area contributed by atoms with Gasteiger partial charge in [-0.15, -0.1) is 0 Å². The number of rotatable bonds is 8. The lowest BCUT2D eigenvalue weighted by atomic mass is 10.1. The maximum atomic E-state index is 12.4. The van der Waals surface area contributed by atoms with Crippen molar-refractivity contribution in [1.82, 2.24) is 15.5 Å². The van der Waals surface area contributed by atoms with Crippen LogP contribution in [-0.2, 0) is 4.74 Å². The first-order valence-corrected chi connectivity index (χ1v) is 9.79. The molecule has 0 aliphatic carbocycles. The van der Waals surface area contributed by atoms with Crippen molar-refractivity contribution in [3.05, 3.63) is 65.7 Å². The van der Waals surface area contributed by atoms with Gasteiger partial charge >= 0.3 is 6.03 Å². The summed E-state index contributed by atoms with van der Waals surface area (Å²) in [7, 11) is 0. The van der Waals surface area contributed by atoms with E-state index in [9.17, 15) is 4.79 Å². The molecule has 0 saturated carbocycles. The Morgan fingerprint density at radius 3 is 2.68 bits per heavy atom. The first-order chi connectivity index (χ1) is 13.7. The zero-order valence-electron chi connectivity index (χ0n) is 16.4. The Morgan fingerprint density at radius 1 is 1.14 bits per heavy atom. The molecule has 2 aromatic carbocycles. The molecular weight excluding hydrogens is 354 g/mol. The van der Waals surface area contributed by atoms with Crippen LogP contribution in [0.25, 0.3) is 0 Å². The Hall–Kier alpha value is -2.57. The highest BCUT2D eigenvalue weighted by Crippen LogP contribution is 2.15. The molecule has 2 N–H and O–H groups in total. The zero-order chi connectivity index (χ0) is 19.6. The van der Waals surface area contributed by atoms with Crippen LogP contribution in [0.2, 0.25) is 0 Å². The number of urea groups is 1. The molecule has 1 aliphatic heterocycles. The maximum Gasteiger partial charge on any atom is 0.315 e. The minimum absolute atomic E-state index is 0.0722. The topological polar surface area (TPSA) is 62.8 Å². The monoisotopic (exact) mass is 383 g/mol. The van der Waals surface area contributed by atoms with Crippen molar-refractivity contribution in [2.45, 2.75) is 13.0 Å². The van der Waals surface area contributed by atoms with Gasteiger partial charge in [-0.3, -0.25) is 4.90 Å². The molecule has 150 valence electrons. The Kier molecular flexibility index (Phi) is 7.70. The molecule has 6 heteroatoms. The van der Waals surface area contributed by atoms with Gasteiger partial charge in [0, 0.05) is 19.6 Å². The van der Waals surface area contributed by atoms with E-state index >= 15 is 0 Å². The second-order valence-electron chi connectivity index (χ2n) is 6.94. The van der Waals surface area contributed by atoms with Crippen molar-refractivity contribution >= 4 is 6.03 Å². The van der Waals surface area contributed by atoms with Gasteiger partial charge < -0.3 is 20.1 Å². The van der Waals surface area contributed by atoms with Gasteiger partial charge in [-0.05, 0) is 30.2 Å². The van der Waals surface area contributed by atoms with Crippen molar-refractivity contribution in [3.8, 4) is 5.75 Å². The summed E-state index contributed by atoms with van der Waals surface area (Å²) in [4.78, 5) is 14.7. The van der Waals surface area contributed by atoms with E-state index < -0.39 is 0 Å². The fourth-order valence-corrected chi connectivity index (χ4v) is 3.21. The van der Waals surface area contributed by atoms with E-state index in [1.165, 1.54) is 0 Å². The van der Waals surface area contributed by atoms with Crippen molar-refractivity contribution in [2.75, 3.05) is 46.0 Å². The molecule has 2 aromatic rings. The third kappa shape index (κ3) is 6.55. The van der Waals surface area contributed by atoms with Gasteiger partial charge in [-0.2, -0.15) is 0 Å². The van der Waals surface area contributed by atoms with Gasteiger partial charge in [0.2, 0.25) is 0 Å². The number of amides is 2. The molecule has 0 bridgehead atoms. The molecule has 2 amide bonds. The minimum atomic E-state index is -0.185. The van der Waals surface area contributed by atoms with Crippen LogP contribution in [0.3, 0.4) is 0 Å². The number of aryl methyl sites for hydroxylation is 1.